The van der Waals surface area contributed by atoms with Gasteiger partial charge in [-0.15, -0.1) is 0 Å². The van der Waals surface area contributed by atoms with Crippen LogP contribution in [0.15, 0.2) is 36.4 Å². The van der Waals surface area contributed by atoms with E-state index in [1.165, 1.54) is 24.3 Å². The molecular formula is C17H17ClFNO2. The molecule has 0 aliphatic rings. The van der Waals surface area contributed by atoms with Gasteiger partial charge in [-0.3, -0.25) is 4.79 Å². The molecule has 22 heavy (non-hydrogen) atoms. The Kier molecular flexibility index (Phi) is 5.39. The Balaban J connectivity index is 1.82. The lowest BCUT2D eigenvalue weighted by Gasteiger charge is -2.10. The largest absolute Gasteiger partial charge is 0.492 e. The number of carbonyl (C=O) groups excluding carboxylic acids is 1. The van der Waals surface area contributed by atoms with Crippen molar-refractivity contribution < 1.29 is 13.9 Å². The molecule has 0 aromatic heterocycles. The van der Waals surface area contributed by atoms with Crippen molar-refractivity contribution in [3.63, 3.8) is 0 Å². The first-order valence-corrected chi connectivity index (χ1v) is 7.28. The summed E-state index contributed by atoms with van der Waals surface area (Å²) >= 11 is 6.09. The van der Waals surface area contributed by atoms with Crippen LogP contribution >= 0.6 is 11.6 Å². The van der Waals surface area contributed by atoms with E-state index in [9.17, 15) is 9.18 Å². The van der Waals surface area contributed by atoms with Crippen molar-refractivity contribution in [2.75, 3.05) is 13.2 Å². The van der Waals surface area contributed by atoms with Gasteiger partial charge in [0, 0.05) is 10.6 Å². The Morgan fingerprint density at radius 1 is 1.18 bits per heavy atom. The molecule has 2 aromatic carbocycles. The van der Waals surface area contributed by atoms with Crippen LogP contribution in [0.2, 0.25) is 5.02 Å². The summed E-state index contributed by atoms with van der Waals surface area (Å²) in [4.78, 5) is 11.8. The molecule has 0 unspecified atom stereocenters. The van der Waals surface area contributed by atoms with Crippen LogP contribution in [0.5, 0.6) is 5.75 Å². The molecule has 0 bridgehead atoms. The lowest BCUT2D eigenvalue weighted by atomic mass is 10.1. The maximum atomic E-state index is 12.8. The van der Waals surface area contributed by atoms with Gasteiger partial charge >= 0.3 is 0 Å². The summed E-state index contributed by atoms with van der Waals surface area (Å²) in [6, 6.07) is 9.11. The highest BCUT2D eigenvalue weighted by Crippen LogP contribution is 2.25. The summed E-state index contributed by atoms with van der Waals surface area (Å²) in [5, 5.41) is 3.45. The second-order valence-corrected chi connectivity index (χ2v) is 5.36. The van der Waals surface area contributed by atoms with Crippen molar-refractivity contribution in [2.45, 2.75) is 13.8 Å². The average Bonchev–Trinajstić information content (AvgIpc) is 2.49. The molecule has 0 saturated heterocycles. The minimum absolute atomic E-state index is 0.257. The summed E-state index contributed by atoms with van der Waals surface area (Å²) < 4.78 is 18.4. The number of hydrogen-bond acceptors (Lipinski definition) is 2. The molecule has 0 aliphatic heterocycles. The zero-order chi connectivity index (χ0) is 16.1. The molecule has 2 aromatic rings. The molecule has 116 valence electrons. The maximum absolute atomic E-state index is 12.8. The van der Waals surface area contributed by atoms with Gasteiger partial charge in [0.1, 0.15) is 18.2 Å². The van der Waals surface area contributed by atoms with Gasteiger partial charge in [0.15, 0.2) is 0 Å². The fourth-order valence-corrected chi connectivity index (χ4v) is 2.14. The smallest absolute Gasteiger partial charge is 0.251 e. The summed E-state index contributed by atoms with van der Waals surface area (Å²) in [5.74, 6) is 0.0934. The minimum atomic E-state index is -0.367. The topological polar surface area (TPSA) is 38.3 Å². The number of halogens is 2. The molecule has 3 nitrogen and oxygen atoms in total. The lowest BCUT2D eigenvalue weighted by Crippen LogP contribution is -2.28. The normalized spacial score (nSPS) is 10.4. The molecule has 0 fully saturated rings. The number of nitrogens with one attached hydrogen (secondary N) is 1. The Morgan fingerprint density at radius 2 is 1.77 bits per heavy atom. The monoisotopic (exact) mass is 321 g/mol. The van der Waals surface area contributed by atoms with Gasteiger partial charge in [-0.1, -0.05) is 11.6 Å². The van der Waals surface area contributed by atoms with E-state index in [2.05, 4.69) is 5.32 Å². The molecule has 1 N–H and O–H groups in total. The van der Waals surface area contributed by atoms with Crippen LogP contribution in [-0.4, -0.2) is 19.1 Å². The summed E-state index contributed by atoms with van der Waals surface area (Å²) in [7, 11) is 0. The van der Waals surface area contributed by atoms with E-state index in [0.29, 0.717) is 18.7 Å². The lowest BCUT2D eigenvalue weighted by molar-refractivity contribution is 0.0947. The van der Waals surface area contributed by atoms with E-state index < -0.39 is 0 Å². The van der Waals surface area contributed by atoms with E-state index >= 15 is 0 Å². The molecule has 2 rings (SSSR count). The first-order valence-electron chi connectivity index (χ1n) is 6.90. The van der Waals surface area contributed by atoms with Crippen LogP contribution in [0.3, 0.4) is 0 Å². The van der Waals surface area contributed by atoms with E-state index in [1.54, 1.807) is 0 Å². The van der Waals surface area contributed by atoms with E-state index in [1.807, 2.05) is 26.0 Å². The molecule has 0 saturated carbocycles. The molecule has 0 radical (unpaired) electrons. The fourth-order valence-electron chi connectivity index (χ4n) is 2.03. The predicted molar refractivity (Wildman–Crippen MR) is 85.2 cm³/mol. The van der Waals surface area contributed by atoms with Crippen LogP contribution in [0, 0.1) is 19.7 Å². The standard InChI is InChI=1S/C17H17ClFNO2/c1-11-9-15(10-12(2)16(11)18)22-8-7-20-17(21)13-3-5-14(19)6-4-13/h3-6,9-10H,7-8H2,1-2H3,(H,20,21). The molecule has 0 heterocycles. The van der Waals surface area contributed by atoms with E-state index in [-0.39, 0.29) is 11.7 Å². The Hall–Kier alpha value is -2.07. The quantitative estimate of drug-likeness (QED) is 0.848. The zero-order valence-electron chi connectivity index (χ0n) is 12.5. The SMILES string of the molecule is Cc1cc(OCCNC(=O)c2ccc(F)cc2)cc(C)c1Cl. The Labute approximate surface area is 134 Å². The number of rotatable bonds is 5. The van der Waals surface area contributed by atoms with Crippen molar-refractivity contribution in [2.24, 2.45) is 0 Å². The second kappa shape index (κ2) is 7.27. The Morgan fingerprint density at radius 3 is 2.36 bits per heavy atom. The zero-order valence-corrected chi connectivity index (χ0v) is 13.2. The highest BCUT2D eigenvalue weighted by molar-refractivity contribution is 6.32. The van der Waals surface area contributed by atoms with Crippen molar-refractivity contribution in [3.05, 3.63) is 63.9 Å². The average molecular weight is 322 g/mol. The van der Waals surface area contributed by atoms with Gasteiger partial charge in [0.05, 0.1) is 6.54 Å². The first-order chi connectivity index (χ1) is 10.5. The summed E-state index contributed by atoms with van der Waals surface area (Å²) in [5.41, 5.74) is 2.32. The van der Waals surface area contributed by atoms with E-state index in [4.69, 9.17) is 16.3 Å². The summed E-state index contributed by atoms with van der Waals surface area (Å²) in [6.45, 7) is 4.53. The number of hydrogen-bond donors (Lipinski definition) is 1. The molecule has 0 aliphatic carbocycles. The van der Waals surface area contributed by atoms with Gasteiger partial charge in [-0.25, -0.2) is 4.39 Å². The van der Waals surface area contributed by atoms with Gasteiger partial charge in [-0.05, 0) is 61.4 Å². The van der Waals surface area contributed by atoms with Crippen molar-refractivity contribution in [1.29, 1.82) is 0 Å². The predicted octanol–water partition coefficient (Wildman–Crippen LogP) is 3.90. The van der Waals surface area contributed by atoms with Gasteiger partial charge < -0.3 is 10.1 Å². The first kappa shape index (κ1) is 16.3. The molecule has 0 atom stereocenters. The van der Waals surface area contributed by atoms with Gasteiger partial charge in [-0.2, -0.15) is 0 Å². The number of benzene rings is 2. The third kappa shape index (κ3) is 4.21. The van der Waals surface area contributed by atoms with Crippen LogP contribution in [0.4, 0.5) is 4.39 Å². The van der Waals surface area contributed by atoms with Crippen LogP contribution in [-0.2, 0) is 0 Å². The molecular weight excluding hydrogens is 305 g/mol. The van der Waals surface area contributed by atoms with Gasteiger partial charge in [0.2, 0.25) is 0 Å². The second-order valence-electron chi connectivity index (χ2n) is 4.98. The van der Waals surface area contributed by atoms with Crippen molar-refractivity contribution in [1.82, 2.24) is 5.32 Å². The number of carbonyl (C=O) groups is 1. The molecule has 1 amide bonds. The summed E-state index contributed by atoms with van der Waals surface area (Å²) in [6.07, 6.45) is 0. The van der Waals surface area contributed by atoms with Gasteiger partial charge in [0.25, 0.3) is 5.91 Å². The Bertz CT molecular complexity index is 648. The fraction of sp³-hybridized carbons (Fsp3) is 0.235. The van der Waals surface area contributed by atoms with Crippen LogP contribution < -0.4 is 10.1 Å². The van der Waals surface area contributed by atoms with Crippen LogP contribution in [0.1, 0.15) is 21.5 Å². The number of aryl methyl sites for hydroxylation is 2. The number of amides is 1. The maximum Gasteiger partial charge on any atom is 0.251 e. The highest BCUT2D eigenvalue weighted by Gasteiger charge is 2.06. The van der Waals surface area contributed by atoms with Crippen molar-refractivity contribution in [3.8, 4) is 5.75 Å². The van der Waals surface area contributed by atoms with E-state index in [0.717, 1.165) is 21.9 Å². The third-order valence-electron chi connectivity index (χ3n) is 3.17. The number of ether oxygens (including phenoxy) is 1. The van der Waals surface area contributed by atoms with Crippen molar-refractivity contribution >= 4 is 17.5 Å². The highest BCUT2D eigenvalue weighted by atomic mass is 35.5. The van der Waals surface area contributed by atoms with Crippen LogP contribution in [0.25, 0.3) is 0 Å². The third-order valence-corrected chi connectivity index (χ3v) is 3.77. The molecule has 5 heteroatoms. The minimum Gasteiger partial charge on any atom is -0.492 e. The molecule has 0 spiro atoms.